The number of methoxy groups -OCH3 is 1. The van der Waals surface area contributed by atoms with Crippen LogP contribution in [0, 0.1) is 6.92 Å². The Hall–Kier alpha value is -3.76. The van der Waals surface area contributed by atoms with E-state index in [1.54, 1.807) is 32.2 Å². The van der Waals surface area contributed by atoms with Gasteiger partial charge in [-0.1, -0.05) is 72.4 Å². The monoisotopic (exact) mass is 621 g/mol. The highest BCUT2D eigenvalue weighted by molar-refractivity contribution is 6.39. The molecule has 2 aromatic carbocycles. The molecule has 1 aliphatic rings. The predicted octanol–water partition coefficient (Wildman–Crippen LogP) is 5.78. The van der Waals surface area contributed by atoms with E-state index in [0.717, 1.165) is 35.9 Å². The van der Waals surface area contributed by atoms with Gasteiger partial charge in [0, 0.05) is 41.9 Å². The zero-order chi connectivity index (χ0) is 30.7. The largest absolute Gasteiger partial charge is 0.481 e. The van der Waals surface area contributed by atoms with Gasteiger partial charge in [0.1, 0.15) is 5.56 Å². The molecular weight excluding hydrogens is 589 g/mol. The minimum atomic E-state index is -0.589. The number of amides is 1. The first-order valence-electron chi connectivity index (χ1n) is 14.1. The summed E-state index contributed by atoms with van der Waals surface area (Å²) in [6.07, 6.45) is 3.55. The van der Waals surface area contributed by atoms with Gasteiger partial charge in [-0.3, -0.25) is 9.59 Å². The number of ether oxygens (including phenoxy) is 1. The molecule has 11 heteroatoms. The second kappa shape index (κ2) is 13.3. The van der Waals surface area contributed by atoms with E-state index in [1.807, 2.05) is 30.3 Å². The van der Waals surface area contributed by atoms with Gasteiger partial charge in [-0.25, -0.2) is 9.67 Å². The minimum absolute atomic E-state index is 0.0370. The molecule has 9 nitrogen and oxygen atoms in total. The molecule has 3 N–H and O–H groups in total. The first-order chi connectivity index (χ1) is 20.7. The lowest BCUT2D eigenvalue weighted by Crippen LogP contribution is -2.41. The van der Waals surface area contributed by atoms with Crippen molar-refractivity contribution >= 4 is 34.8 Å². The van der Waals surface area contributed by atoms with Crippen molar-refractivity contribution in [1.29, 1.82) is 0 Å². The number of nitrogens with one attached hydrogen (secondary N) is 2. The van der Waals surface area contributed by atoms with Gasteiger partial charge < -0.3 is 20.5 Å². The van der Waals surface area contributed by atoms with Gasteiger partial charge in [-0.05, 0) is 38.0 Å². The normalized spacial score (nSPS) is 16.6. The molecule has 2 aromatic heterocycles. The molecule has 5 rings (SSSR count). The Balaban J connectivity index is 1.41. The molecule has 0 spiro atoms. The number of pyridine rings is 1. The molecule has 1 fully saturated rings. The molecule has 2 atom stereocenters. The highest BCUT2D eigenvalue weighted by Crippen LogP contribution is 2.41. The molecule has 1 aliphatic carbocycles. The molecule has 43 heavy (non-hydrogen) atoms. The van der Waals surface area contributed by atoms with E-state index < -0.39 is 11.5 Å². The van der Waals surface area contributed by atoms with Crippen molar-refractivity contribution in [3.63, 3.8) is 0 Å². The molecule has 0 saturated heterocycles. The fraction of sp³-hybridized carbons (Fsp3) is 0.312. The van der Waals surface area contributed by atoms with Gasteiger partial charge in [-0.2, -0.15) is 5.10 Å². The van der Waals surface area contributed by atoms with Crippen LogP contribution < -0.4 is 20.9 Å². The van der Waals surface area contributed by atoms with Crippen LogP contribution in [0.2, 0.25) is 10.0 Å². The van der Waals surface area contributed by atoms with E-state index in [-0.39, 0.29) is 22.7 Å². The number of anilines is 1. The van der Waals surface area contributed by atoms with Crippen molar-refractivity contribution < 1.29 is 14.6 Å². The lowest BCUT2D eigenvalue weighted by molar-refractivity contribution is 0.0901. The number of aliphatic hydroxyl groups is 1. The van der Waals surface area contributed by atoms with Crippen LogP contribution in [-0.2, 0) is 13.6 Å². The standard InChI is InChI=1S/C32H33Cl2N5O4/c1-18-16-23(32(42)39(2)38-18)30(41)36-26-12-7-9-21(29(26)34)20-8-6-10-22(28(20)33)24-15-14-19(31(37-24)43-3)17-35-25-11-4-5-13-27(25)40/h6-10,12,14-16,25,27,35,40H,4-5,11,13,17H2,1-3H3,(H,36,41)/t25-,27+/m1/s1. The minimum Gasteiger partial charge on any atom is -0.481 e. The van der Waals surface area contributed by atoms with Gasteiger partial charge in [0.15, 0.2) is 0 Å². The maximum absolute atomic E-state index is 13.0. The number of aromatic nitrogens is 3. The highest BCUT2D eigenvalue weighted by Gasteiger charge is 2.23. The Bertz CT molecular complexity index is 1720. The number of nitrogens with zero attached hydrogens (tertiary/aromatic N) is 3. The average molecular weight is 623 g/mol. The number of hydrogen-bond acceptors (Lipinski definition) is 7. The zero-order valence-electron chi connectivity index (χ0n) is 24.2. The number of carbonyl (C=O) groups is 1. The molecule has 0 unspecified atom stereocenters. The van der Waals surface area contributed by atoms with Crippen molar-refractivity contribution in [2.24, 2.45) is 7.05 Å². The molecule has 0 radical (unpaired) electrons. The van der Waals surface area contributed by atoms with Gasteiger partial charge >= 0.3 is 0 Å². The Morgan fingerprint density at radius 1 is 1.05 bits per heavy atom. The Morgan fingerprint density at radius 2 is 1.74 bits per heavy atom. The number of carbonyl (C=O) groups excluding carboxylic acids is 1. The van der Waals surface area contributed by atoms with Crippen LogP contribution in [0.4, 0.5) is 5.69 Å². The van der Waals surface area contributed by atoms with E-state index in [9.17, 15) is 14.7 Å². The molecule has 0 bridgehead atoms. The number of benzene rings is 2. The molecule has 4 aromatic rings. The van der Waals surface area contributed by atoms with Gasteiger partial charge in [0.25, 0.3) is 11.5 Å². The fourth-order valence-corrected chi connectivity index (χ4v) is 6.00. The van der Waals surface area contributed by atoms with Crippen molar-refractivity contribution in [3.05, 3.63) is 91.8 Å². The van der Waals surface area contributed by atoms with Crippen molar-refractivity contribution in [2.45, 2.75) is 51.3 Å². The van der Waals surface area contributed by atoms with Crippen LogP contribution in [0.1, 0.15) is 47.3 Å². The fourth-order valence-electron chi connectivity index (χ4n) is 5.40. The summed E-state index contributed by atoms with van der Waals surface area (Å²) in [7, 11) is 3.07. The van der Waals surface area contributed by atoms with E-state index in [0.29, 0.717) is 51.2 Å². The maximum Gasteiger partial charge on any atom is 0.279 e. The third kappa shape index (κ3) is 6.60. The summed E-state index contributed by atoms with van der Waals surface area (Å²) in [6.45, 7) is 2.22. The van der Waals surface area contributed by atoms with E-state index in [1.165, 1.54) is 13.1 Å². The number of aliphatic hydroxyl groups excluding tert-OH is 1. The number of aryl methyl sites for hydroxylation is 2. The molecule has 0 aliphatic heterocycles. The average Bonchev–Trinajstić information content (AvgIpc) is 3.00. The second-order valence-electron chi connectivity index (χ2n) is 10.6. The summed E-state index contributed by atoms with van der Waals surface area (Å²) in [4.78, 5) is 30.2. The summed E-state index contributed by atoms with van der Waals surface area (Å²) in [5.74, 6) is -0.120. The van der Waals surface area contributed by atoms with Crippen molar-refractivity contribution in [1.82, 2.24) is 20.1 Å². The molecule has 2 heterocycles. The third-order valence-corrected chi connectivity index (χ3v) is 8.47. The molecule has 224 valence electrons. The van der Waals surface area contributed by atoms with Crippen molar-refractivity contribution in [3.8, 4) is 28.3 Å². The van der Waals surface area contributed by atoms with Gasteiger partial charge in [0.05, 0.1) is 40.3 Å². The summed E-state index contributed by atoms with van der Waals surface area (Å²) in [5, 5.41) is 21.2. The molecule has 1 amide bonds. The zero-order valence-corrected chi connectivity index (χ0v) is 25.7. The lowest BCUT2D eigenvalue weighted by atomic mass is 9.92. The van der Waals surface area contributed by atoms with Crippen LogP contribution in [0.25, 0.3) is 22.4 Å². The smallest absolute Gasteiger partial charge is 0.279 e. The summed E-state index contributed by atoms with van der Waals surface area (Å²) in [5.41, 5.74) is 3.75. The first kappa shape index (κ1) is 30.7. The van der Waals surface area contributed by atoms with Crippen LogP contribution in [0.15, 0.2) is 59.4 Å². The third-order valence-electron chi connectivity index (χ3n) is 7.66. The van der Waals surface area contributed by atoms with Gasteiger partial charge in [0.2, 0.25) is 5.88 Å². The van der Waals surface area contributed by atoms with E-state index in [2.05, 4.69) is 15.7 Å². The maximum atomic E-state index is 13.0. The number of halogens is 2. The van der Waals surface area contributed by atoms with Crippen LogP contribution in [0.5, 0.6) is 5.88 Å². The summed E-state index contributed by atoms with van der Waals surface area (Å²) >= 11 is 13.8. The molecule has 1 saturated carbocycles. The van der Waals surface area contributed by atoms with E-state index in [4.69, 9.17) is 32.9 Å². The summed E-state index contributed by atoms with van der Waals surface area (Å²) in [6, 6.07) is 16.1. The van der Waals surface area contributed by atoms with Crippen LogP contribution >= 0.6 is 23.2 Å². The molecular formula is C32H33Cl2N5O4. The van der Waals surface area contributed by atoms with Crippen LogP contribution in [0.3, 0.4) is 0 Å². The lowest BCUT2D eigenvalue weighted by Gasteiger charge is -2.28. The SMILES string of the molecule is COc1nc(-c2cccc(-c3cccc(NC(=O)c4cc(C)nn(C)c4=O)c3Cl)c2Cl)ccc1CN[C@@H]1CCCC[C@@H]1O. The Morgan fingerprint density at radius 3 is 2.49 bits per heavy atom. The quantitative estimate of drug-likeness (QED) is 0.228. The first-order valence-corrected chi connectivity index (χ1v) is 14.8. The Kier molecular flexibility index (Phi) is 9.46. The predicted molar refractivity (Wildman–Crippen MR) is 169 cm³/mol. The highest BCUT2D eigenvalue weighted by atomic mass is 35.5. The van der Waals surface area contributed by atoms with E-state index >= 15 is 0 Å². The summed E-state index contributed by atoms with van der Waals surface area (Å²) < 4.78 is 6.74. The second-order valence-corrected chi connectivity index (χ2v) is 11.4. The number of hydrogen-bond donors (Lipinski definition) is 3. The van der Waals surface area contributed by atoms with Gasteiger partial charge in [-0.15, -0.1) is 0 Å². The Labute approximate surface area is 259 Å². The number of rotatable bonds is 8. The van der Waals surface area contributed by atoms with Crippen LogP contribution in [-0.4, -0.2) is 45.0 Å². The topological polar surface area (TPSA) is 118 Å². The van der Waals surface area contributed by atoms with Crippen molar-refractivity contribution in [2.75, 3.05) is 12.4 Å².